The van der Waals surface area contributed by atoms with Crippen LogP contribution >= 0.6 is 11.3 Å². The van der Waals surface area contributed by atoms with Gasteiger partial charge >= 0.3 is 5.91 Å². The van der Waals surface area contributed by atoms with E-state index in [-0.39, 0.29) is 11.7 Å². The van der Waals surface area contributed by atoms with E-state index in [2.05, 4.69) is 10.5 Å². The summed E-state index contributed by atoms with van der Waals surface area (Å²) in [5.74, 6) is -0.101. The maximum atomic E-state index is 11.4. The second kappa shape index (κ2) is 4.76. The molecule has 2 aromatic rings. The van der Waals surface area contributed by atoms with E-state index in [9.17, 15) is 4.79 Å². The summed E-state index contributed by atoms with van der Waals surface area (Å²) in [4.78, 5) is 12.4. The van der Waals surface area contributed by atoms with Gasteiger partial charge in [0.05, 0.1) is 12.5 Å². The Kier molecular flexibility index (Phi) is 3.16. The van der Waals surface area contributed by atoms with Gasteiger partial charge in [0, 0.05) is 4.88 Å². The van der Waals surface area contributed by atoms with Crippen molar-refractivity contribution in [2.24, 2.45) is 5.10 Å². The smallest absolute Gasteiger partial charge is 0.307 e. The Morgan fingerprint density at radius 1 is 1.56 bits per heavy atom. The van der Waals surface area contributed by atoms with Gasteiger partial charge in [0.1, 0.15) is 0 Å². The lowest BCUT2D eigenvalue weighted by molar-refractivity contribution is 0.0927. The van der Waals surface area contributed by atoms with Gasteiger partial charge in [-0.3, -0.25) is 4.79 Å². The monoisotopic (exact) mass is 234 g/mol. The minimum Gasteiger partial charge on any atom is -0.459 e. The predicted molar refractivity (Wildman–Crippen MR) is 62.8 cm³/mol. The van der Waals surface area contributed by atoms with Crippen LogP contribution in [0.15, 0.2) is 39.4 Å². The zero-order chi connectivity index (χ0) is 11.4. The van der Waals surface area contributed by atoms with Crippen LogP contribution in [0.4, 0.5) is 0 Å². The predicted octanol–water partition coefficient (Wildman–Crippen LogP) is 2.41. The number of thiophene rings is 1. The first-order valence-corrected chi connectivity index (χ1v) is 5.56. The zero-order valence-corrected chi connectivity index (χ0v) is 9.45. The molecule has 82 valence electrons. The van der Waals surface area contributed by atoms with Gasteiger partial charge < -0.3 is 4.42 Å². The van der Waals surface area contributed by atoms with Gasteiger partial charge in [-0.15, -0.1) is 11.3 Å². The largest absolute Gasteiger partial charge is 0.459 e. The first kappa shape index (κ1) is 10.6. The zero-order valence-electron chi connectivity index (χ0n) is 8.64. The van der Waals surface area contributed by atoms with Gasteiger partial charge in [0.15, 0.2) is 5.76 Å². The number of aryl methyl sites for hydroxylation is 1. The number of carbonyl (C=O) groups is 1. The van der Waals surface area contributed by atoms with E-state index < -0.39 is 0 Å². The van der Waals surface area contributed by atoms with Crippen molar-refractivity contribution >= 4 is 23.5 Å². The number of hydrazone groups is 1. The van der Waals surface area contributed by atoms with Gasteiger partial charge in [-0.05, 0) is 36.1 Å². The summed E-state index contributed by atoms with van der Waals surface area (Å²) in [6.45, 7) is 1.99. The van der Waals surface area contributed by atoms with Gasteiger partial charge in [0.25, 0.3) is 0 Å². The SMILES string of the molecule is Cc1ccsc1C=NNC(=O)c1ccco1. The summed E-state index contributed by atoms with van der Waals surface area (Å²) in [7, 11) is 0. The number of amides is 1. The molecule has 0 bridgehead atoms. The van der Waals surface area contributed by atoms with Gasteiger partial charge in [-0.2, -0.15) is 5.10 Å². The molecule has 0 spiro atoms. The standard InChI is InChI=1S/C11H10N2O2S/c1-8-4-6-16-10(8)7-12-13-11(14)9-3-2-5-15-9/h2-7H,1H3,(H,13,14). The highest BCUT2D eigenvalue weighted by Gasteiger charge is 2.05. The fourth-order valence-corrected chi connectivity index (χ4v) is 1.92. The molecule has 1 N–H and O–H groups in total. The first-order valence-electron chi connectivity index (χ1n) is 4.68. The minimum atomic E-state index is -0.351. The van der Waals surface area contributed by atoms with E-state index in [1.54, 1.807) is 29.7 Å². The normalized spacial score (nSPS) is 10.8. The first-order chi connectivity index (χ1) is 7.77. The summed E-state index contributed by atoms with van der Waals surface area (Å²) in [5, 5.41) is 5.83. The van der Waals surface area contributed by atoms with Crippen LogP contribution < -0.4 is 5.43 Å². The van der Waals surface area contributed by atoms with Gasteiger partial charge in [0.2, 0.25) is 0 Å². The molecule has 2 heterocycles. The molecule has 0 unspecified atom stereocenters. The van der Waals surface area contributed by atoms with E-state index >= 15 is 0 Å². The number of carbonyl (C=O) groups excluding carboxylic acids is 1. The molecule has 16 heavy (non-hydrogen) atoms. The quantitative estimate of drug-likeness (QED) is 0.655. The topological polar surface area (TPSA) is 54.6 Å². The molecule has 5 heteroatoms. The summed E-state index contributed by atoms with van der Waals surface area (Å²) in [5.41, 5.74) is 3.53. The maximum Gasteiger partial charge on any atom is 0.307 e. The molecule has 0 saturated carbocycles. The van der Waals surface area contributed by atoms with Crippen LogP contribution in [0.25, 0.3) is 0 Å². The summed E-state index contributed by atoms with van der Waals surface area (Å²) in [6, 6.07) is 5.24. The number of hydrogen-bond acceptors (Lipinski definition) is 4. The lowest BCUT2D eigenvalue weighted by atomic mass is 10.3. The number of furan rings is 1. The molecule has 0 saturated heterocycles. The van der Waals surface area contributed by atoms with Crippen LogP contribution in [0.1, 0.15) is 21.0 Å². The number of rotatable bonds is 3. The Morgan fingerprint density at radius 2 is 2.44 bits per heavy atom. The van der Waals surface area contributed by atoms with Crippen molar-refractivity contribution < 1.29 is 9.21 Å². The van der Waals surface area contributed by atoms with Gasteiger partial charge in [-0.25, -0.2) is 5.43 Å². The molecule has 1 amide bonds. The second-order valence-electron chi connectivity index (χ2n) is 3.14. The Hall–Kier alpha value is -1.88. The van der Waals surface area contributed by atoms with Crippen molar-refractivity contribution in [1.29, 1.82) is 0 Å². The van der Waals surface area contributed by atoms with Crippen molar-refractivity contribution in [3.8, 4) is 0 Å². The molecule has 0 aliphatic carbocycles. The van der Waals surface area contributed by atoms with Crippen LogP contribution in [-0.2, 0) is 0 Å². The molecule has 4 nitrogen and oxygen atoms in total. The second-order valence-corrected chi connectivity index (χ2v) is 4.09. The summed E-state index contributed by atoms with van der Waals surface area (Å²) in [6.07, 6.45) is 3.07. The molecule has 0 fully saturated rings. The maximum absolute atomic E-state index is 11.4. The van der Waals surface area contributed by atoms with Crippen molar-refractivity contribution in [3.05, 3.63) is 46.0 Å². The van der Waals surface area contributed by atoms with E-state index in [0.29, 0.717) is 0 Å². The highest BCUT2D eigenvalue weighted by atomic mass is 32.1. The molecule has 2 aromatic heterocycles. The van der Waals surface area contributed by atoms with Crippen LogP contribution in [-0.4, -0.2) is 12.1 Å². The van der Waals surface area contributed by atoms with E-state index in [0.717, 1.165) is 10.4 Å². The third-order valence-corrected chi connectivity index (χ3v) is 2.95. The fraction of sp³-hybridized carbons (Fsp3) is 0.0909. The van der Waals surface area contributed by atoms with Crippen LogP contribution in [0, 0.1) is 6.92 Å². The molecular formula is C11H10N2O2S. The summed E-state index contributed by atoms with van der Waals surface area (Å²) >= 11 is 1.57. The average molecular weight is 234 g/mol. The van der Waals surface area contributed by atoms with E-state index in [1.165, 1.54) is 6.26 Å². The van der Waals surface area contributed by atoms with Crippen LogP contribution in [0.3, 0.4) is 0 Å². The van der Waals surface area contributed by atoms with Crippen molar-refractivity contribution in [1.82, 2.24) is 5.43 Å². The number of nitrogens with one attached hydrogen (secondary N) is 1. The Bertz CT molecular complexity index is 500. The number of nitrogens with zero attached hydrogens (tertiary/aromatic N) is 1. The minimum absolute atomic E-state index is 0.250. The highest BCUT2D eigenvalue weighted by molar-refractivity contribution is 7.11. The number of hydrogen-bond donors (Lipinski definition) is 1. The van der Waals surface area contributed by atoms with Gasteiger partial charge in [-0.1, -0.05) is 0 Å². The summed E-state index contributed by atoms with van der Waals surface area (Å²) < 4.78 is 4.92. The van der Waals surface area contributed by atoms with Crippen molar-refractivity contribution in [3.63, 3.8) is 0 Å². The van der Waals surface area contributed by atoms with Crippen molar-refractivity contribution in [2.75, 3.05) is 0 Å². The molecule has 0 aliphatic rings. The Balaban J connectivity index is 1.96. The molecule has 2 rings (SSSR count). The van der Waals surface area contributed by atoms with Crippen LogP contribution in [0.5, 0.6) is 0 Å². The molecule has 0 aromatic carbocycles. The molecule has 0 atom stereocenters. The lowest BCUT2D eigenvalue weighted by Crippen LogP contribution is -2.16. The highest BCUT2D eigenvalue weighted by Crippen LogP contribution is 2.12. The molecular weight excluding hydrogens is 224 g/mol. The lowest BCUT2D eigenvalue weighted by Gasteiger charge is -1.94. The third kappa shape index (κ3) is 2.38. The fourth-order valence-electron chi connectivity index (χ4n) is 1.13. The average Bonchev–Trinajstić information content (AvgIpc) is 2.90. The Morgan fingerprint density at radius 3 is 3.06 bits per heavy atom. The van der Waals surface area contributed by atoms with Crippen molar-refractivity contribution in [2.45, 2.75) is 6.92 Å². The molecule has 0 aliphatic heterocycles. The molecule has 0 radical (unpaired) electrons. The third-order valence-electron chi connectivity index (χ3n) is 1.99. The van der Waals surface area contributed by atoms with E-state index in [4.69, 9.17) is 4.42 Å². The van der Waals surface area contributed by atoms with Crippen LogP contribution in [0.2, 0.25) is 0 Å². The van der Waals surface area contributed by atoms with E-state index in [1.807, 2.05) is 18.4 Å². The Labute approximate surface area is 96.6 Å².